The number of amides is 3. The van der Waals surface area contributed by atoms with Crippen LogP contribution in [0.5, 0.6) is 11.5 Å². The number of hydrogen-bond donors (Lipinski definition) is 2. The first-order chi connectivity index (χ1) is 18.0. The van der Waals surface area contributed by atoms with Gasteiger partial charge in [-0.15, -0.1) is 0 Å². The first kappa shape index (κ1) is 27.1. The monoisotopic (exact) mass is 537 g/mol. The Balaban J connectivity index is 1.51. The summed E-state index contributed by atoms with van der Waals surface area (Å²) in [4.78, 5) is 40.6. The van der Waals surface area contributed by atoms with Gasteiger partial charge in [-0.3, -0.25) is 23.5 Å². The molecule has 0 saturated carbocycles. The Morgan fingerprint density at radius 2 is 1.68 bits per heavy atom. The highest BCUT2D eigenvalue weighted by atomic mass is 32.2. The second-order valence-corrected chi connectivity index (χ2v) is 11.5. The second kappa shape index (κ2) is 11.2. The quantitative estimate of drug-likeness (QED) is 0.454. The summed E-state index contributed by atoms with van der Waals surface area (Å²) in [7, 11) is -1.82. The summed E-state index contributed by atoms with van der Waals surface area (Å²) < 4.78 is 23.5. The van der Waals surface area contributed by atoms with Crippen LogP contribution in [-0.4, -0.2) is 51.8 Å². The standard InChI is InChI=1S/C28H31N3O6S/c1-18(27(34)30-28(2,3)4)31(22-11-7-9-19-8-5-6-10-21(19)22)26(33)16-38(35)15-25(32)29-20-12-13-23-24(14-20)37-17-36-23/h5-14,18H,15-17H2,1-4H3,(H,29,32)(H,30,34)/t18-,38+/m1/s1. The molecule has 0 saturated heterocycles. The SMILES string of the molecule is C[C@H](C(=O)NC(C)(C)C)N(C(=O)C[S@@](=O)CC(=O)Nc1ccc2c(c1)OCO2)c1cccc2ccccc12. The Morgan fingerprint density at radius 3 is 2.45 bits per heavy atom. The molecule has 2 atom stereocenters. The zero-order valence-corrected chi connectivity index (χ0v) is 22.6. The van der Waals surface area contributed by atoms with Gasteiger partial charge < -0.3 is 20.1 Å². The molecule has 38 heavy (non-hydrogen) atoms. The molecule has 0 bridgehead atoms. The van der Waals surface area contributed by atoms with Crippen molar-refractivity contribution >= 4 is 50.7 Å². The van der Waals surface area contributed by atoms with Crippen LogP contribution in [0.15, 0.2) is 60.7 Å². The van der Waals surface area contributed by atoms with Crippen molar-refractivity contribution in [1.29, 1.82) is 0 Å². The molecular weight excluding hydrogens is 506 g/mol. The number of carbonyl (C=O) groups is 3. The summed E-state index contributed by atoms with van der Waals surface area (Å²) in [6.07, 6.45) is 0. The zero-order chi connectivity index (χ0) is 27.4. The molecule has 2 N–H and O–H groups in total. The lowest BCUT2D eigenvalue weighted by atomic mass is 10.1. The summed E-state index contributed by atoms with van der Waals surface area (Å²) in [6, 6.07) is 17.1. The van der Waals surface area contributed by atoms with Crippen LogP contribution in [0.1, 0.15) is 27.7 Å². The van der Waals surface area contributed by atoms with Crippen molar-refractivity contribution in [2.75, 3.05) is 28.5 Å². The topological polar surface area (TPSA) is 114 Å². The maximum atomic E-state index is 13.6. The molecule has 200 valence electrons. The van der Waals surface area contributed by atoms with Gasteiger partial charge in [0.25, 0.3) is 0 Å². The van der Waals surface area contributed by atoms with Crippen LogP contribution in [0.4, 0.5) is 11.4 Å². The van der Waals surface area contributed by atoms with E-state index >= 15 is 0 Å². The van der Waals surface area contributed by atoms with Crippen LogP contribution < -0.4 is 25.0 Å². The van der Waals surface area contributed by atoms with E-state index in [9.17, 15) is 18.6 Å². The largest absolute Gasteiger partial charge is 0.454 e. The van der Waals surface area contributed by atoms with Crippen LogP contribution >= 0.6 is 0 Å². The minimum absolute atomic E-state index is 0.109. The number of rotatable bonds is 8. The second-order valence-electron chi connectivity index (χ2n) is 10.0. The summed E-state index contributed by atoms with van der Waals surface area (Å²) in [5.41, 5.74) is 0.493. The van der Waals surface area contributed by atoms with E-state index < -0.39 is 39.9 Å². The number of nitrogens with zero attached hydrogens (tertiary/aromatic N) is 1. The summed E-state index contributed by atoms with van der Waals surface area (Å²) in [6.45, 7) is 7.31. The molecular formula is C28H31N3O6S. The number of nitrogens with one attached hydrogen (secondary N) is 2. The average Bonchev–Trinajstić information content (AvgIpc) is 3.31. The number of carbonyl (C=O) groups excluding carboxylic acids is 3. The van der Waals surface area contributed by atoms with Gasteiger partial charge in [-0.2, -0.15) is 0 Å². The summed E-state index contributed by atoms with van der Waals surface area (Å²) in [5, 5.41) is 7.26. The fourth-order valence-corrected chi connectivity index (χ4v) is 5.03. The van der Waals surface area contributed by atoms with Gasteiger partial charge in [0.05, 0.1) is 5.69 Å². The van der Waals surface area contributed by atoms with Crippen molar-refractivity contribution in [2.45, 2.75) is 39.3 Å². The van der Waals surface area contributed by atoms with E-state index in [0.717, 1.165) is 10.8 Å². The minimum atomic E-state index is -1.82. The lowest BCUT2D eigenvalue weighted by Crippen LogP contribution is -2.53. The predicted molar refractivity (Wildman–Crippen MR) is 148 cm³/mol. The molecule has 0 fully saturated rings. The molecule has 0 unspecified atom stereocenters. The Morgan fingerprint density at radius 1 is 0.974 bits per heavy atom. The van der Waals surface area contributed by atoms with Gasteiger partial charge >= 0.3 is 0 Å². The molecule has 0 aliphatic carbocycles. The van der Waals surface area contributed by atoms with Crippen LogP contribution in [0, 0.1) is 0 Å². The molecule has 10 heteroatoms. The number of ether oxygens (including phenoxy) is 2. The van der Waals surface area contributed by atoms with Crippen molar-refractivity contribution in [3.8, 4) is 11.5 Å². The van der Waals surface area contributed by atoms with Crippen LogP contribution in [0.2, 0.25) is 0 Å². The summed E-state index contributed by atoms with van der Waals surface area (Å²) in [5.74, 6) is -1.10. The maximum Gasteiger partial charge on any atom is 0.243 e. The number of hydrogen-bond acceptors (Lipinski definition) is 6. The number of anilines is 2. The van der Waals surface area contributed by atoms with Gasteiger partial charge in [-0.1, -0.05) is 36.4 Å². The third-order valence-electron chi connectivity index (χ3n) is 5.79. The van der Waals surface area contributed by atoms with Gasteiger partial charge in [0.1, 0.15) is 17.5 Å². The fourth-order valence-electron chi connectivity index (χ4n) is 4.14. The lowest BCUT2D eigenvalue weighted by Gasteiger charge is -2.32. The first-order valence-electron chi connectivity index (χ1n) is 12.2. The third kappa shape index (κ3) is 6.49. The van der Waals surface area contributed by atoms with Gasteiger partial charge in [0.2, 0.25) is 24.5 Å². The molecule has 0 spiro atoms. The molecule has 0 radical (unpaired) electrons. The Hall–Kier alpha value is -3.92. The Bertz CT molecular complexity index is 1400. The molecule has 1 aliphatic heterocycles. The molecule has 9 nitrogen and oxygen atoms in total. The highest BCUT2D eigenvalue weighted by Crippen LogP contribution is 2.34. The number of benzene rings is 3. The van der Waals surface area contributed by atoms with E-state index in [-0.39, 0.29) is 18.5 Å². The molecule has 3 aromatic rings. The normalized spacial score (nSPS) is 14.0. The van der Waals surface area contributed by atoms with Crippen LogP contribution in [0.3, 0.4) is 0 Å². The van der Waals surface area contributed by atoms with Gasteiger partial charge in [0, 0.05) is 33.5 Å². The van der Waals surface area contributed by atoms with E-state index in [1.54, 1.807) is 31.2 Å². The Kier molecular flexibility index (Phi) is 8.01. The van der Waals surface area contributed by atoms with E-state index in [4.69, 9.17) is 9.47 Å². The van der Waals surface area contributed by atoms with Crippen molar-refractivity contribution < 1.29 is 28.1 Å². The molecule has 3 amide bonds. The van der Waals surface area contributed by atoms with E-state index in [1.165, 1.54) is 4.90 Å². The molecule has 4 rings (SSSR count). The maximum absolute atomic E-state index is 13.6. The molecule has 1 aliphatic rings. The van der Waals surface area contributed by atoms with Gasteiger partial charge in [-0.25, -0.2) is 0 Å². The van der Waals surface area contributed by atoms with Crippen molar-refractivity contribution in [3.05, 3.63) is 60.7 Å². The van der Waals surface area contributed by atoms with Crippen molar-refractivity contribution in [1.82, 2.24) is 5.32 Å². The zero-order valence-electron chi connectivity index (χ0n) is 21.8. The minimum Gasteiger partial charge on any atom is -0.454 e. The molecule has 1 heterocycles. The van der Waals surface area contributed by atoms with E-state index in [0.29, 0.717) is 22.9 Å². The first-order valence-corrected chi connectivity index (χ1v) is 13.7. The van der Waals surface area contributed by atoms with Gasteiger partial charge in [0.15, 0.2) is 11.5 Å². The van der Waals surface area contributed by atoms with Gasteiger partial charge in [-0.05, 0) is 51.3 Å². The number of fused-ring (bicyclic) bond motifs is 2. The van der Waals surface area contributed by atoms with Crippen LogP contribution in [0.25, 0.3) is 10.8 Å². The molecule has 3 aromatic carbocycles. The molecule has 0 aromatic heterocycles. The third-order valence-corrected chi connectivity index (χ3v) is 6.95. The van der Waals surface area contributed by atoms with E-state index in [2.05, 4.69) is 10.6 Å². The highest BCUT2D eigenvalue weighted by Gasteiger charge is 2.31. The van der Waals surface area contributed by atoms with Crippen LogP contribution in [-0.2, 0) is 25.2 Å². The fraction of sp³-hybridized carbons (Fsp3) is 0.321. The van der Waals surface area contributed by atoms with Crippen molar-refractivity contribution in [3.63, 3.8) is 0 Å². The Labute approximate surface area is 223 Å². The average molecular weight is 538 g/mol. The van der Waals surface area contributed by atoms with E-state index in [1.807, 2.05) is 57.2 Å². The lowest BCUT2D eigenvalue weighted by molar-refractivity contribution is -0.126. The predicted octanol–water partition coefficient (Wildman–Crippen LogP) is 3.59. The summed E-state index contributed by atoms with van der Waals surface area (Å²) >= 11 is 0. The highest BCUT2D eigenvalue weighted by molar-refractivity contribution is 7.86. The smallest absolute Gasteiger partial charge is 0.243 e. The van der Waals surface area contributed by atoms with Crippen molar-refractivity contribution in [2.24, 2.45) is 0 Å².